The molecule has 0 radical (unpaired) electrons. The van der Waals surface area contributed by atoms with Crippen LogP contribution in [0.5, 0.6) is 0 Å². The summed E-state index contributed by atoms with van der Waals surface area (Å²) in [6.07, 6.45) is 0.977. The molecule has 1 aliphatic rings. The van der Waals surface area contributed by atoms with Crippen molar-refractivity contribution in [3.8, 4) is 0 Å². The molecule has 3 N–H and O–H groups in total. The highest BCUT2D eigenvalue weighted by atomic mass is 16.5. The smallest absolute Gasteiger partial charge is 0.325 e. The highest BCUT2D eigenvalue weighted by molar-refractivity contribution is 5.80. The van der Waals surface area contributed by atoms with Gasteiger partial charge in [-0.2, -0.15) is 0 Å². The standard InChI is InChI=1S/C7H13NO3/c1-11-6(10)7(8)3-2-5(9)4-7/h5,9H,2-4,8H2,1H3/t5-,7+/m0/s1. The van der Waals surface area contributed by atoms with Gasteiger partial charge in [0.25, 0.3) is 0 Å². The first-order valence-electron chi connectivity index (χ1n) is 3.64. The van der Waals surface area contributed by atoms with Gasteiger partial charge in [-0.1, -0.05) is 0 Å². The van der Waals surface area contributed by atoms with Gasteiger partial charge in [-0.3, -0.25) is 4.79 Å². The number of hydrogen-bond donors (Lipinski definition) is 2. The third-order valence-electron chi connectivity index (χ3n) is 2.12. The van der Waals surface area contributed by atoms with E-state index in [1.54, 1.807) is 0 Å². The number of carbonyl (C=O) groups is 1. The molecule has 11 heavy (non-hydrogen) atoms. The molecule has 1 fully saturated rings. The summed E-state index contributed by atoms with van der Waals surface area (Å²) >= 11 is 0. The number of aliphatic hydroxyl groups is 1. The Labute approximate surface area is 65.3 Å². The van der Waals surface area contributed by atoms with Crippen molar-refractivity contribution in [3.63, 3.8) is 0 Å². The molecule has 0 aliphatic heterocycles. The molecule has 0 bridgehead atoms. The van der Waals surface area contributed by atoms with Crippen LogP contribution in [0, 0.1) is 0 Å². The van der Waals surface area contributed by atoms with Gasteiger partial charge in [0.2, 0.25) is 0 Å². The Morgan fingerprint density at radius 1 is 1.82 bits per heavy atom. The Balaban J connectivity index is 2.61. The van der Waals surface area contributed by atoms with Gasteiger partial charge in [-0.15, -0.1) is 0 Å². The van der Waals surface area contributed by atoms with Crippen molar-refractivity contribution in [2.75, 3.05) is 7.11 Å². The first kappa shape index (κ1) is 8.49. The van der Waals surface area contributed by atoms with Crippen LogP contribution in [-0.4, -0.2) is 29.8 Å². The summed E-state index contributed by atoms with van der Waals surface area (Å²) in [4.78, 5) is 11.0. The van der Waals surface area contributed by atoms with Crippen LogP contribution in [0.2, 0.25) is 0 Å². The number of aliphatic hydroxyl groups excluding tert-OH is 1. The van der Waals surface area contributed by atoms with Crippen LogP contribution in [0.1, 0.15) is 19.3 Å². The van der Waals surface area contributed by atoms with Crippen molar-refractivity contribution in [3.05, 3.63) is 0 Å². The fraction of sp³-hybridized carbons (Fsp3) is 0.857. The van der Waals surface area contributed by atoms with Gasteiger partial charge in [-0.05, 0) is 12.8 Å². The second-order valence-electron chi connectivity index (χ2n) is 3.04. The molecular weight excluding hydrogens is 146 g/mol. The summed E-state index contributed by atoms with van der Waals surface area (Å²) in [6.45, 7) is 0. The van der Waals surface area contributed by atoms with Crippen molar-refractivity contribution in [2.45, 2.75) is 30.9 Å². The van der Waals surface area contributed by atoms with E-state index in [1.165, 1.54) is 7.11 Å². The Morgan fingerprint density at radius 3 is 2.82 bits per heavy atom. The molecule has 0 saturated heterocycles. The predicted octanol–water partition coefficient (Wildman–Crippen LogP) is -0.598. The molecule has 0 aromatic rings. The summed E-state index contributed by atoms with van der Waals surface area (Å²) in [7, 11) is 1.31. The van der Waals surface area contributed by atoms with Crippen LogP contribution in [0.4, 0.5) is 0 Å². The predicted molar refractivity (Wildman–Crippen MR) is 38.8 cm³/mol. The molecule has 0 aromatic carbocycles. The number of nitrogens with two attached hydrogens (primary N) is 1. The molecular formula is C7H13NO3. The Morgan fingerprint density at radius 2 is 2.45 bits per heavy atom. The van der Waals surface area contributed by atoms with Gasteiger partial charge >= 0.3 is 5.97 Å². The van der Waals surface area contributed by atoms with E-state index in [2.05, 4.69) is 4.74 Å². The molecule has 2 atom stereocenters. The number of esters is 1. The molecule has 64 valence electrons. The van der Waals surface area contributed by atoms with Crippen LogP contribution in [0.25, 0.3) is 0 Å². The highest BCUT2D eigenvalue weighted by Gasteiger charge is 2.42. The largest absolute Gasteiger partial charge is 0.468 e. The number of hydrogen-bond acceptors (Lipinski definition) is 4. The summed E-state index contributed by atoms with van der Waals surface area (Å²) in [5.41, 5.74) is 4.73. The van der Waals surface area contributed by atoms with Crippen molar-refractivity contribution in [1.29, 1.82) is 0 Å². The lowest BCUT2D eigenvalue weighted by Gasteiger charge is -2.19. The molecule has 4 nitrogen and oxygen atoms in total. The number of methoxy groups -OCH3 is 1. The third-order valence-corrected chi connectivity index (χ3v) is 2.12. The average Bonchev–Trinajstić information content (AvgIpc) is 2.31. The fourth-order valence-corrected chi connectivity index (χ4v) is 1.44. The molecule has 0 spiro atoms. The van der Waals surface area contributed by atoms with E-state index in [0.717, 1.165) is 0 Å². The maximum absolute atomic E-state index is 11.0. The molecule has 0 amide bonds. The van der Waals surface area contributed by atoms with Gasteiger partial charge in [0.05, 0.1) is 13.2 Å². The lowest BCUT2D eigenvalue weighted by atomic mass is 10.00. The molecule has 1 aliphatic carbocycles. The second kappa shape index (κ2) is 2.79. The van der Waals surface area contributed by atoms with Crippen LogP contribution < -0.4 is 5.73 Å². The zero-order valence-electron chi connectivity index (χ0n) is 6.54. The molecule has 0 aromatic heterocycles. The number of rotatable bonds is 1. The molecule has 0 heterocycles. The summed E-state index contributed by atoms with van der Waals surface area (Å²) in [5.74, 6) is -0.422. The van der Waals surface area contributed by atoms with E-state index in [0.29, 0.717) is 19.3 Å². The summed E-state index contributed by atoms with van der Waals surface area (Å²) < 4.78 is 4.51. The van der Waals surface area contributed by atoms with E-state index in [-0.39, 0.29) is 0 Å². The quantitative estimate of drug-likeness (QED) is 0.501. The Bertz CT molecular complexity index is 171. The molecule has 1 rings (SSSR count). The fourth-order valence-electron chi connectivity index (χ4n) is 1.44. The minimum Gasteiger partial charge on any atom is -0.468 e. The van der Waals surface area contributed by atoms with E-state index in [4.69, 9.17) is 10.8 Å². The summed E-state index contributed by atoms with van der Waals surface area (Å²) in [6, 6.07) is 0. The van der Waals surface area contributed by atoms with Crippen molar-refractivity contribution in [2.24, 2.45) is 5.73 Å². The lowest BCUT2D eigenvalue weighted by molar-refractivity contribution is -0.147. The monoisotopic (exact) mass is 159 g/mol. The van der Waals surface area contributed by atoms with Crippen LogP contribution in [0.15, 0.2) is 0 Å². The van der Waals surface area contributed by atoms with Crippen LogP contribution >= 0.6 is 0 Å². The van der Waals surface area contributed by atoms with Gasteiger partial charge in [0.1, 0.15) is 5.54 Å². The van der Waals surface area contributed by atoms with Crippen LogP contribution in [0.3, 0.4) is 0 Å². The van der Waals surface area contributed by atoms with Crippen molar-refractivity contribution < 1.29 is 14.6 Å². The maximum atomic E-state index is 11.0. The average molecular weight is 159 g/mol. The second-order valence-corrected chi connectivity index (χ2v) is 3.04. The SMILES string of the molecule is COC(=O)[C@@]1(N)CC[C@H](O)C1. The molecule has 4 heteroatoms. The van der Waals surface area contributed by atoms with E-state index < -0.39 is 17.6 Å². The zero-order valence-corrected chi connectivity index (χ0v) is 6.54. The Hall–Kier alpha value is -0.610. The number of carbonyl (C=O) groups excluding carboxylic acids is 1. The Kier molecular flexibility index (Phi) is 2.15. The van der Waals surface area contributed by atoms with Crippen molar-refractivity contribution in [1.82, 2.24) is 0 Å². The van der Waals surface area contributed by atoms with Gasteiger partial charge in [-0.25, -0.2) is 0 Å². The van der Waals surface area contributed by atoms with Gasteiger partial charge in [0, 0.05) is 6.42 Å². The van der Waals surface area contributed by atoms with Crippen molar-refractivity contribution >= 4 is 5.97 Å². The first-order valence-corrected chi connectivity index (χ1v) is 3.64. The minimum atomic E-state index is -0.936. The maximum Gasteiger partial charge on any atom is 0.325 e. The van der Waals surface area contributed by atoms with E-state index >= 15 is 0 Å². The van der Waals surface area contributed by atoms with Gasteiger partial charge < -0.3 is 15.6 Å². The summed E-state index contributed by atoms with van der Waals surface area (Å²) in [5, 5.41) is 9.12. The topological polar surface area (TPSA) is 72.5 Å². The van der Waals surface area contributed by atoms with Gasteiger partial charge in [0.15, 0.2) is 0 Å². The normalized spacial score (nSPS) is 37.2. The van der Waals surface area contributed by atoms with E-state index in [1.807, 2.05) is 0 Å². The number of ether oxygens (including phenoxy) is 1. The first-order chi connectivity index (χ1) is 5.08. The lowest BCUT2D eigenvalue weighted by Crippen LogP contribution is -2.46. The third kappa shape index (κ3) is 1.52. The zero-order chi connectivity index (χ0) is 8.48. The molecule has 1 saturated carbocycles. The van der Waals surface area contributed by atoms with E-state index in [9.17, 15) is 4.79 Å². The highest BCUT2D eigenvalue weighted by Crippen LogP contribution is 2.28. The van der Waals surface area contributed by atoms with Crippen LogP contribution in [-0.2, 0) is 9.53 Å². The minimum absolute atomic E-state index is 0.319. The molecule has 0 unspecified atom stereocenters.